The van der Waals surface area contributed by atoms with E-state index < -0.39 is 23.2 Å². The first-order valence-electron chi connectivity index (χ1n) is 9.78. The molecule has 4 N–H and O–H groups in total. The Morgan fingerprint density at radius 2 is 1.85 bits per heavy atom. The molecule has 2 aromatic rings. The van der Waals surface area contributed by atoms with Gasteiger partial charge in [-0.3, -0.25) is 15.1 Å². The number of benzene rings is 2. The van der Waals surface area contributed by atoms with Crippen molar-refractivity contribution in [2.45, 2.75) is 31.2 Å². The zero-order valence-electron chi connectivity index (χ0n) is 18.3. The van der Waals surface area contributed by atoms with E-state index in [1.165, 1.54) is 31.4 Å². The summed E-state index contributed by atoms with van der Waals surface area (Å²) in [7, 11) is 1.31. The van der Waals surface area contributed by atoms with Crippen molar-refractivity contribution >= 4 is 41.1 Å². The van der Waals surface area contributed by atoms with Gasteiger partial charge in [0.15, 0.2) is 0 Å². The minimum atomic E-state index is -4.85. The van der Waals surface area contributed by atoms with E-state index in [4.69, 9.17) is 33.8 Å². The van der Waals surface area contributed by atoms with Gasteiger partial charge in [-0.25, -0.2) is 0 Å². The van der Waals surface area contributed by atoms with Crippen molar-refractivity contribution in [1.82, 2.24) is 10.8 Å². The average Bonchev–Trinajstić information content (AvgIpc) is 3.19. The van der Waals surface area contributed by atoms with Crippen LogP contribution in [0.4, 0.5) is 13.2 Å². The number of hydroxylamine groups is 1. The summed E-state index contributed by atoms with van der Waals surface area (Å²) in [6, 6.07) is 8.01. The van der Waals surface area contributed by atoms with Gasteiger partial charge in [0.2, 0.25) is 5.60 Å². The molecular formula is C22H21Cl2F3N4O3. The van der Waals surface area contributed by atoms with Crippen molar-refractivity contribution in [3.63, 3.8) is 0 Å². The fourth-order valence-corrected chi connectivity index (χ4v) is 3.94. The zero-order chi connectivity index (χ0) is 25.3. The van der Waals surface area contributed by atoms with E-state index in [1.54, 1.807) is 13.8 Å². The topological polar surface area (TPSA) is 98.0 Å². The lowest BCUT2D eigenvalue weighted by atomic mass is 9.87. The van der Waals surface area contributed by atoms with E-state index in [2.05, 4.69) is 20.8 Å². The Labute approximate surface area is 203 Å². The van der Waals surface area contributed by atoms with Gasteiger partial charge < -0.3 is 15.9 Å². The van der Waals surface area contributed by atoms with Crippen molar-refractivity contribution in [2.75, 3.05) is 7.11 Å². The second-order valence-electron chi connectivity index (χ2n) is 8.03. The zero-order valence-corrected chi connectivity index (χ0v) is 19.8. The second-order valence-corrected chi connectivity index (χ2v) is 8.90. The van der Waals surface area contributed by atoms with Crippen LogP contribution in [0.1, 0.15) is 40.9 Å². The lowest BCUT2D eigenvalue weighted by Gasteiger charge is -2.28. The van der Waals surface area contributed by atoms with Crippen molar-refractivity contribution in [3.05, 3.63) is 74.8 Å². The molecule has 2 aromatic carbocycles. The van der Waals surface area contributed by atoms with Gasteiger partial charge in [0.1, 0.15) is 13.4 Å². The number of alkyl halides is 3. The molecular weight excluding hydrogens is 496 g/mol. The molecule has 0 saturated carbocycles. The first-order chi connectivity index (χ1) is 15.8. The third kappa shape index (κ3) is 5.15. The molecule has 12 heteroatoms. The van der Waals surface area contributed by atoms with E-state index in [-0.39, 0.29) is 26.9 Å². The Morgan fingerprint density at radius 1 is 1.21 bits per heavy atom. The highest BCUT2D eigenvalue weighted by atomic mass is 35.5. The first kappa shape index (κ1) is 25.8. The van der Waals surface area contributed by atoms with Crippen LogP contribution in [-0.4, -0.2) is 25.5 Å². The summed E-state index contributed by atoms with van der Waals surface area (Å²) in [5.41, 5.74) is 5.37. The maximum absolute atomic E-state index is 14.2. The van der Waals surface area contributed by atoms with Crippen LogP contribution in [0.5, 0.6) is 0 Å². The molecule has 34 heavy (non-hydrogen) atoms. The predicted molar refractivity (Wildman–Crippen MR) is 123 cm³/mol. The van der Waals surface area contributed by atoms with Crippen LogP contribution < -0.4 is 16.5 Å². The second kappa shape index (κ2) is 9.46. The number of nitrogens with two attached hydrogens (primary N) is 1. The maximum atomic E-state index is 14.2. The molecule has 0 aliphatic carbocycles. The van der Waals surface area contributed by atoms with Crippen molar-refractivity contribution < 1.29 is 27.6 Å². The monoisotopic (exact) mass is 516 g/mol. The van der Waals surface area contributed by atoms with Gasteiger partial charge in [0, 0.05) is 32.3 Å². The fourth-order valence-electron chi connectivity index (χ4n) is 3.41. The van der Waals surface area contributed by atoms with Crippen LogP contribution in [0.3, 0.4) is 0 Å². The van der Waals surface area contributed by atoms with Crippen molar-refractivity contribution in [1.29, 1.82) is 0 Å². The standard InChI is InChI=1S/C22H21Cl2F3N4O3/c1-20(2,28)17-6-12(4-5-16(17)19(32)29-11-30-33-3)18-10-21(34-31-18,22(25,26)27)13-7-14(23)9-15(24)8-13/h4-11,31H,28H2,1-3H3,(H,29,30,32). The number of rotatable bonds is 6. The van der Waals surface area contributed by atoms with Gasteiger partial charge in [-0.05, 0) is 55.8 Å². The average molecular weight is 517 g/mol. The van der Waals surface area contributed by atoms with Crippen LogP contribution in [0, 0.1) is 0 Å². The number of hydrogen-bond donors (Lipinski definition) is 3. The molecule has 1 atom stereocenters. The summed E-state index contributed by atoms with van der Waals surface area (Å²) < 4.78 is 42.7. The molecule has 0 bridgehead atoms. The molecule has 7 nitrogen and oxygen atoms in total. The van der Waals surface area contributed by atoms with Crippen LogP contribution in [0.2, 0.25) is 10.0 Å². The Hall–Kier alpha value is -2.79. The number of amides is 1. The van der Waals surface area contributed by atoms with E-state index in [0.717, 1.165) is 24.5 Å². The quantitative estimate of drug-likeness (QED) is 0.290. The third-order valence-electron chi connectivity index (χ3n) is 5.01. The summed E-state index contributed by atoms with van der Waals surface area (Å²) in [6.07, 6.45) is -2.90. The van der Waals surface area contributed by atoms with Crippen molar-refractivity contribution in [2.24, 2.45) is 10.9 Å². The Kier molecular flexibility index (Phi) is 7.18. The molecule has 0 saturated heterocycles. The van der Waals surface area contributed by atoms with E-state index >= 15 is 0 Å². The number of carbonyl (C=O) groups is 1. The smallest absolute Gasteiger partial charge is 0.398 e. The number of nitrogens with one attached hydrogen (secondary N) is 2. The fraction of sp³-hybridized carbons (Fsp3) is 0.273. The van der Waals surface area contributed by atoms with E-state index in [9.17, 15) is 18.0 Å². The van der Waals surface area contributed by atoms with Crippen LogP contribution in [0.25, 0.3) is 5.70 Å². The van der Waals surface area contributed by atoms with Gasteiger partial charge >= 0.3 is 6.18 Å². The molecule has 1 amide bonds. The Balaban J connectivity index is 2.10. The van der Waals surface area contributed by atoms with Gasteiger partial charge in [-0.2, -0.15) is 13.2 Å². The summed E-state index contributed by atoms with van der Waals surface area (Å²) in [4.78, 5) is 22.2. The first-order valence-corrected chi connectivity index (χ1v) is 10.5. The molecule has 1 aliphatic rings. The lowest BCUT2D eigenvalue weighted by Crippen LogP contribution is -2.42. The summed E-state index contributed by atoms with van der Waals surface area (Å²) >= 11 is 11.9. The number of oxime groups is 1. The highest BCUT2D eigenvalue weighted by Gasteiger charge is 2.59. The number of hydrogen-bond acceptors (Lipinski definition) is 6. The normalized spacial score (nSPS) is 18.6. The van der Waals surface area contributed by atoms with E-state index in [1.807, 2.05) is 0 Å². The molecule has 1 unspecified atom stereocenters. The SMILES string of the molecule is CON=CNC(=O)c1ccc(C2=CC(c3cc(Cl)cc(Cl)c3)(C(F)(F)F)ON2)cc1C(C)(C)N. The summed E-state index contributed by atoms with van der Waals surface area (Å²) in [6.45, 7) is 3.32. The van der Waals surface area contributed by atoms with Gasteiger partial charge in [-0.1, -0.05) is 34.4 Å². The van der Waals surface area contributed by atoms with Crippen molar-refractivity contribution in [3.8, 4) is 0 Å². The largest absolute Gasteiger partial charge is 0.428 e. The maximum Gasteiger partial charge on any atom is 0.428 e. The third-order valence-corrected chi connectivity index (χ3v) is 5.44. The Morgan fingerprint density at radius 3 is 2.41 bits per heavy atom. The predicted octanol–water partition coefficient (Wildman–Crippen LogP) is 4.84. The van der Waals surface area contributed by atoms with Crippen LogP contribution >= 0.6 is 23.2 Å². The van der Waals surface area contributed by atoms with Crippen LogP contribution in [-0.2, 0) is 20.8 Å². The lowest BCUT2D eigenvalue weighted by molar-refractivity contribution is -0.269. The highest BCUT2D eigenvalue weighted by molar-refractivity contribution is 6.34. The number of halogens is 5. The molecule has 3 rings (SSSR count). The minimum Gasteiger partial charge on any atom is -0.398 e. The van der Waals surface area contributed by atoms with Gasteiger partial charge in [0.05, 0.1) is 5.70 Å². The van der Waals surface area contributed by atoms with Gasteiger partial charge in [-0.15, -0.1) is 0 Å². The summed E-state index contributed by atoms with van der Waals surface area (Å²) in [5.74, 6) is -0.524. The molecule has 1 heterocycles. The molecule has 182 valence electrons. The molecule has 0 aromatic heterocycles. The molecule has 0 fully saturated rings. The highest BCUT2D eigenvalue weighted by Crippen LogP contribution is 2.48. The number of carbonyl (C=O) groups excluding carboxylic acids is 1. The summed E-state index contributed by atoms with van der Waals surface area (Å²) in [5, 5.41) is 5.92. The number of nitrogens with zero attached hydrogens (tertiary/aromatic N) is 1. The minimum absolute atomic E-state index is 0.0202. The molecule has 1 aliphatic heterocycles. The Bertz CT molecular complexity index is 1140. The molecule has 0 radical (unpaired) electrons. The van der Waals surface area contributed by atoms with E-state index in [0.29, 0.717) is 11.1 Å². The van der Waals surface area contributed by atoms with Crippen LogP contribution in [0.15, 0.2) is 47.6 Å². The molecule has 0 spiro atoms. The van der Waals surface area contributed by atoms with Gasteiger partial charge in [0.25, 0.3) is 5.91 Å².